The summed E-state index contributed by atoms with van der Waals surface area (Å²) in [7, 11) is 0. The van der Waals surface area contributed by atoms with Crippen LogP contribution in [-0.2, 0) is 4.79 Å². The average Bonchev–Trinajstić information content (AvgIpc) is 2.56. The van der Waals surface area contributed by atoms with Gasteiger partial charge < -0.3 is 5.73 Å². The first kappa shape index (κ1) is 16.3. The van der Waals surface area contributed by atoms with E-state index in [9.17, 15) is 4.79 Å². The minimum Gasteiger partial charge on any atom is -0.370 e. The van der Waals surface area contributed by atoms with Crippen LogP contribution in [0.3, 0.4) is 0 Å². The zero-order valence-corrected chi connectivity index (χ0v) is 13.3. The molecule has 0 radical (unpaired) electrons. The highest BCUT2D eigenvalue weighted by Gasteiger charge is 2.18. The van der Waals surface area contributed by atoms with E-state index in [2.05, 4.69) is 60.3 Å². The fourth-order valence-electron chi connectivity index (χ4n) is 3.15. The molecule has 0 aliphatic heterocycles. The lowest BCUT2D eigenvalue weighted by molar-refractivity contribution is -0.115. The van der Waals surface area contributed by atoms with Crippen LogP contribution in [0.1, 0.15) is 50.5 Å². The Hall–Kier alpha value is -2.09. The second kappa shape index (κ2) is 8.38. The van der Waals surface area contributed by atoms with Gasteiger partial charge in [-0.05, 0) is 35.4 Å². The lowest BCUT2D eigenvalue weighted by Crippen LogP contribution is -2.05. The Labute approximate surface area is 133 Å². The molecule has 0 bridgehead atoms. The monoisotopic (exact) mass is 295 g/mol. The standard InChI is InChI=1S/C18H20.C2H5NO/c1-3-9-15(10-4-1)17-13-7-8-14-18(17)16-11-5-2-6-12-16;1-2(3)4/h1,3-4,7-10,13-14,16H,2,5-6,11-12H2;1H3,(H2,3,4). The Morgan fingerprint density at radius 1 is 0.909 bits per heavy atom. The summed E-state index contributed by atoms with van der Waals surface area (Å²) in [5.74, 6) is 0.440. The minimum absolute atomic E-state index is 0.333. The van der Waals surface area contributed by atoms with E-state index in [0.717, 1.165) is 5.92 Å². The molecule has 0 spiro atoms. The van der Waals surface area contributed by atoms with E-state index in [0.29, 0.717) is 0 Å². The largest absolute Gasteiger partial charge is 0.370 e. The van der Waals surface area contributed by atoms with Gasteiger partial charge in [-0.1, -0.05) is 73.9 Å². The van der Waals surface area contributed by atoms with Gasteiger partial charge in [-0.25, -0.2) is 0 Å². The van der Waals surface area contributed by atoms with Crippen molar-refractivity contribution in [3.8, 4) is 11.1 Å². The molecule has 1 saturated carbocycles. The van der Waals surface area contributed by atoms with Crippen LogP contribution in [0.4, 0.5) is 0 Å². The second-order valence-corrected chi connectivity index (χ2v) is 5.90. The zero-order valence-electron chi connectivity index (χ0n) is 13.3. The number of primary amides is 1. The molecule has 2 aromatic carbocycles. The number of carbonyl (C=O) groups is 1. The van der Waals surface area contributed by atoms with Gasteiger partial charge in [0.15, 0.2) is 0 Å². The SMILES string of the molecule is CC(N)=O.c1ccc(-c2ccccc2C2CCCCC2)cc1. The number of benzene rings is 2. The Morgan fingerprint density at radius 2 is 1.45 bits per heavy atom. The fraction of sp³-hybridized carbons (Fsp3) is 0.350. The van der Waals surface area contributed by atoms with Gasteiger partial charge in [-0.2, -0.15) is 0 Å². The summed E-state index contributed by atoms with van der Waals surface area (Å²) in [6, 6.07) is 19.8. The number of hydrogen-bond acceptors (Lipinski definition) is 1. The van der Waals surface area contributed by atoms with Crippen molar-refractivity contribution in [1.82, 2.24) is 0 Å². The van der Waals surface area contributed by atoms with E-state index in [-0.39, 0.29) is 5.91 Å². The molecule has 116 valence electrons. The van der Waals surface area contributed by atoms with Crippen molar-refractivity contribution in [2.75, 3.05) is 0 Å². The van der Waals surface area contributed by atoms with Crippen LogP contribution < -0.4 is 5.73 Å². The number of carbonyl (C=O) groups excluding carboxylic acids is 1. The molecule has 3 rings (SSSR count). The van der Waals surface area contributed by atoms with Gasteiger partial charge in [0.05, 0.1) is 0 Å². The first-order chi connectivity index (χ1) is 10.7. The van der Waals surface area contributed by atoms with Crippen molar-refractivity contribution in [1.29, 1.82) is 0 Å². The highest BCUT2D eigenvalue weighted by molar-refractivity contribution is 5.70. The molecule has 1 amide bonds. The first-order valence-corrected chi connectivity index (χ1v) is 8.09. The summed E-state index contributed by atoms with van der Waals surface area (Å²) < 4.78 is 0. The lowest BCUT2D eigenvalue weighted by atomic mass is 9.81. The first-order valence-electron chi connectivity index (χ1n) is 8.09. The van der Waals surface area contributed by atoms with Crippen molar-refractivity contribution >= 4 is 5.91 Å². The molecule has 0 atom stereocenters. The van der Waals surface area contributed by atoms with E-state index in [4.69, 9.17) is 0 Å². The van der Waals surface area contributed by atoms with Gasteiger partial charge in [-0.3, -0.25) is 4.79 Å². The summed E-state index contributed by atoms with van der Waals surface area (Å²) in [4.78, 5) is 9.22. The summed E-state index contributed by atoms with van der Waals surface area (Å²) in [5.41, 5.74) is 8.83. The third kappa shape index (κ3) is 4.73. The van der Waals surface area contributed by atoms with Gasteiger partial charge >= 0.3 is 0 Å². The Kier molecular flexibility index (Phi) is 6.20. The molecule has 2 heteroatoms. The van der Waals surface area contributed by atoms with Gasteiger partial charge in [0.2, 0.25) is 5.91 Å². The molecule has 22 heavy (non-hydrogen) atoms. The van der Waals surface area contributed by atoms with E-state index in [1.165, 1.54) is 50.2 Å². The Bertz CT molecular complexity index is 582. The highest BCUT2D eigenvalue weighted by atomic mass is 16.1. The quantitative estimate of drug-likeness (QED) is 0.842. The molecule has 1 aliphatic rings. The van der Waals surface area contributed by atoms with E-state index >= 15 is 0 Å². The van der Waals surface area contributed by atoms with Crippen molar-refractivity contribution in [3.05, 3.63) is 60.2 Å². The molecule has 0 unspecified atom stereocenters. The fourth-order valence-corrected chi connectivity index (χ4v) is 3.15. The summed E-state index contributed by atoms with van der Waals surface area (Å²) in [6.45, 7) is 1.31. The zero-order chi connectivity index (χ0) is 15.8. The summed E-state index contributed by atoms with van der Waals surface area (Å²) >= 11 is 0. The van der Waals surface area contributed by atoms with Crippen LogP contribution in [0, 0.1) is 0 Å². The van der Waals surface area contributed by atoms with Crippen LogP contribution in [0.15, 0.2) is 54.6 Å². The maximum Gasteiger partial charge on any atom is 0.214 e. The van der Waals surface area contributed by atoms with Gasteiger partial charge in [0, 0.05) is 6.92 Å². The van der Waals surface area contributed by atoms with Crippen molar-refractivity contribution < 1.29 is 4.79 Å². The number of amides is 1. The maximum absolute atomic E-state index is 9.22. The Balaban J connectivity index is 0.000000396. The van der Waals surface area contributed by atoms with Crippen molar-refractivity contribution in [3.63, 3.8) is 0 Å². The predicted octanol–water partition coefficient (Wildman–Crippen LogP) is 4.89. The molecule has 0 aromatic heterocycles. The maximum atomic E-state index is 9.22. The number of rotatable bonds is 2. The minimum atomic E-state index is -0.333. The number of nitrogens with two attached hydrogens (primary N) is 1. The smallest absolute Gasteiger partial charge is 0.214 e. The third-order valence-electron chi connectivity index (χ3n) is 4.09. The molecule has 2 N–H and O–H groups in total. The van der Waals surface area contributed by atoms with Crippen LogP contribution in [-0.4, -0.2) is 5.91 Å². The lowest BCUT2D eigenvalue weighted by Gasteiger charge is -2.24. The van der Waals surface area contributed by atoms with Crippen LogP contribution in [0.2, 0.25) is 0 Å². The van der Waals surface area contributed by atoms with Crippen LogP contribution in [0.25, 0.3) is 11.1 Å². The van der Waals surface area contributed by atoms with E-state index in [1.54, 1.807) is 5.56 Å². The normalized spacial score (nSPS) is 14.8. The Morgan fingerprint density at radius 3 is 2.09 bits per heavy atom. The van der Waals surface area contributed by atoms with E-state index in [1.807, 2.05) is 0 Å². The molecule has 0 heterocycles. The van der Waals surface area contributed by atoms with Crippen molar-refractivity contribution in [2.24, 2.45) is 5.73 Å². The molecular formula is C20H25NO. The second-order valence-electron chi connectivity index (χ2n) is 5.90. The third-order valence-corrected chi connectivity index (χ3v) is 4.09. The molecular weight excluding hydrogens is 270 g/mol. The van der Waals surface area contributed by atoms with E-state index < -0.39 is 0 Å². The highest BCUT2D eigenvalue weighted by Crippen LogP contribution is 2.37. The van der Waals surface area contributed by atoms with Crippen LogP contribution in [0.5, 0.6) is 0 Å². The van der Waals surface area contributed by atoms with Crippen molar-refractivity contribution in [2.45, 2.75) is 44.9 Å². The molecule has 0 saturated heterocycles. The molecule has 2 aromatic rings. The molecule has 1 aliphatic carbocycles. The predicted molar refractivity (Wildman–Crippen MR) is 92.6 cm³/mol. The average molecular weight is 295 g/mol. The van der Waals surface area contributed by atoms with Gasteiger partial charge in [0.1, 0.15) is 0 Å². The number of hydrogen-bond donors (Lipinski definition) is 1. The molecule has 2 nitrogen and oxygen atoms in total. The van der Waals surface area contributed by atoms with Crippen LogP contribution >= 0.6 is 0 Å². The summed E-state index contributed by atoms with van der Waals surface area (Å²) in [5, 5.41) is 0. The topological polar surface area (TPSA) is 43.1 Å². The van der Waals surface area contributed by atoms with Gasteiger partial charge in [0.25, 0.3) is 0 Å². The summed E-state index contributed by atoms with van der Waals surface area (Å²) in [6.07, 6.45) is 6.94. The van der Waals surface area contributed by atoms with Gasteiger partial charge in [-0.15, -0.1) is 0 Å². The molecule has 1 fully saturated rings.